The fourth-order valence-electron chi connectivity index (χ4n) is 2.04. The quantitative estimate of drug-likeness (QED) is 0.868. The highest BCUT2D eigenvalue weighted by Gasteiger charge is 2.13. The highest BCUT2D eigenvalue weighted by atomic mass is 35.5. The van der Waals surface area contributed by atoms with Gasteiger partial charge in [-0.2, -0.15) is 0 Å². The van der Waals surface area contributed by atoms with Gasteiger partial charge in [0.05, 0.1) is 18.7 Å². The van der Waals surface area contributed by atoms with Crippen molar-refractivity contribution in [2.75, 3.05) is 13.7 Å². The van der Waals surface area contributed by atoms with Crippen molar-refractivity contribution in [3.05, 3.63) is 58.6 Å². The minimum absolute atomic E-state index is 0.479. The molecule has 2 aromatic carbocycles. The zero-order valence-corrected chi connectivity index (χ0v) is 12.9. The molecule has 0 aromatic heterocycles. The van der Waals surface area contributed by atoms with Crippen molar-refractivity contribution in [2.24, 2.45) is 0 Å². The molecule has 4 heteroatoms. The van der Waals surface area contributed by atoms with E-state index in [1.165, 1.54) is 0 Å². The molecule has 0 saturated heterocycles. The maximum absolute atomic E-state index is 10.5. The lowest BCUT2D eigenvalue weighted by Crippen LogP contribution is -2.01. The molecule has 2 aromatic rings. The second-order valence-corrected chi connectivity index (χ2v) is 5.12. The summed E-state index contributed by atoms with van der Waals surface area (Å²) < 4.78 is 10.7. The van der Waals surface area contributed by atoms with Crippen molar-refractivity contribution in [3.8, 4) is 11.5 Å². The van der Waals surface area contributed by atoms with Crippen LogP contribution in [0.3, 0.4) is 0 Å². The predicted molar refractivity (Wildman–Crippen MR) is 84.3 cm³/mol. The molecule has 0 spiro atoms. The first-order valence-corrected chi connectivity index (χ1v) is 7.27. The number of benzene rings is 2. The Balaban J connectivity index is 2.22. The molecule has 0 radical (unpaired) electrons. The van der Waals surface area contributed by atoms with Crippen LogP contribution in [0.2, 0.25) is 5.02 Å². The van der Waals surface area contributed by atoms with Gasteiger partial charge in [0.1, 0.15) is 17.6 Å². The predicted octanol–water partition coefficient (Wildman–Crippen LogP) is 4.22. The summed E-state index contributed by atoms with van der Waals surface area (Å²) in [7, 11) is 1.56. The van der Waals surface area contributed by atoms with Gasteiger partial charge in [-0.25, -0.2) is 0 Å². The average Bonchev–Trinajstić information content (AvgIpc) is 2.52. The zero-order chi connectivity index (χ0) is 15.2. The van der Waals surface area contributed by atoms with Crippen LogP contribution in [0.5, 0.6) is 11.5 Å². The first-order chi connectivity index (χ1) is 10.2. The molecular weight excluding hydrogens is 288 g/mol. The van der Waals surface area contributed by atoms with E-state index >= 15 is 0 Å². The first kappa shape index (κ1) is 15.7. The van der Waals surface area contributed by atoms with Gasteiger partial charge in [0, 0.05) is 0 Å². The van der Waals surface area contributed by atoms with Crippen molar-refractivity contribution in [1.82, 2.24) is 0 Å². The number of ether oxygens (including phenoxy) is 2. The summed E-state index contributed by atoms with van der Waals surface area (Å²) >= 11 is 6.10. The van der Waals surface area contributed by atoms with Gasteiger partial charge in [-0.15, -0.1) is 0 Å². The van der Waals surface area contributed by atoms with Gasteiger partial charge in [-0.05, 0) is 41.8 Å². The van der Waals surface area contributed by atoms with Crippen molar-refractivity contribution >= 4 is 11.6 Å². The van der Waals surface area contributed by atoms with Crippen molar-refractivity contribution in [1.29, 1.82) is 0 Å². The normalized spacial score (nSPS) is 12.0. The van der Waals surface area contributed by atoms with E-state index in [-0.39, 0.29) is 0 Å². The third-order valence-corrected chi connectivity index (χ3v) is 3.43. The number of halogens is 1. The fourth-order valence-corrected chi connectivity index (χ4v) is 2.31. The summed E-state index contributed by atoms with van der Waals surface area (Å²) in [6, 6.07) is 12.7. The SMILES string of the molecule is CCCOc1cccc(C(O)c2ccc(OC)c(Cl)c2)c1. The molecule has 2 rings (SSSR count). The molecule has 1 N–H and O–H groups in total. The summed E-state index contributed by atoms with van der Waals surface area (Å²) in [5.41, 5.74) is 1.48. The number of methoxy groups -OCH3 is 1. The molecule has 1 unspecified atom stereocenters. The summed E-state index contributed by atoms with van der Waals surface area (Å²) in [4.78, 5) is 0. The van der Waals surface area contributed by atoms with Crippen LogP contribution in [0, 0.1) is 0 Å². The minimum atomic E-state index is -0.751. The monoisotopic (exact) mass is 306 g/mol. The third kappa shape index (κ3) is 3.90. The standard InChI is InChI=1S/C17H19ClO3/c1-3-9-21-14-6-4-5-12(10-14)17(19)13-7-8-16(20-2)15(18)11-13/h4-8,10-11,17,19H,3,9H2,1-2H3. The molecule has 112 valence electrons. The number of hydrogen-bond acceptors (Lipinski definition) is 3. The molecule has 0 amide bonds. The van der Waals surface area contributed by atoms with Crippen LogP contribution in [0.15, 0.2) is 42.5 Å². The van der Waals surface area contributed by atoms with Crippen LogP contribution in [0.1, 0.15) is 30.6 Å². The molecule has 0 saturated carbocycles. The zero-order valence-electron chi connectivity index (χ0n) is 12.2. The Bertz CT molecular complexity index is 598. The van der Waals surface area contributed by atoms with Crippen molar-refractivity contribution < 1.29 is 14.6 Å². The van der Waals surface area contributed by atoms with Crippen LogP contribution in [-0.2, 0) is 0 Å². The van der Waals surface area contributed by atoms with Crippen molar-refractivity contribution in [3.63, 3.8) is 0 Å². The Morgan fingerprint density at radius 3 is 2.57 bits per heavy atom. The Morgan fingerprint density at radius 1 is 1.14 bits per heavy atom. The number of aliphatic hydroxyl groups excluding tert-OH is 1. The van der Waals surface area contributed by atoms with Gasteiger partial charge in [0.2, 0.25) is 0 Å². The van der Waals surface area contributed by atoms with Crippen LogP contribution in [-0.4, -0.2) is 18.8 Å². The molecule has 0 fully saturated rings. The largest absolute Gasteiger partial charge is 0.495 e. The number of rotatable bonds is 6. The van der Waals surface area contributed by atoms with E-state index in [4.69, 9.17) is 21.1 Å². The highest BCUT2D eigenvalue weighted by Crippen LogP contribution is 2.31. The molecule has 3 nitrogen and oxygen atoms in total. The molecule has 0 aliphatic heterocycles. The van der Waals surface area contributed by atoms with Gasteiger partial charge in [-0.1, -0.05) is 36.7 Å². The highest BCUT2D eigenvalue weighted by molar-refractivity contribution is 6.32. The van der Waals surface area contributed by atoms with E-state index in [1.54, 1.807) is 25.3 Å². The number of hydrogen-bond donors (Lipinski definition) is 1. The van der Waals surface area contributed by atoms with Gasteiger partial charge < -0.3 is 14.6 Å². The van der Waals surface area contributed by atoms with Gasteiger partial charge in [-0.3, -0.25) is 0 Å². The molecule has 21 heavy (non-hydrogen) atoms. The second kappa shape index (κ2) is 7.34. The Morgan fingerprint density at radius 2 is 1.90 bits per heavy atom. The summed E-state index contributed by atoms with van der Waals surface area (Å²) in [6.07, 6.45) is 0.194. The molecule has 0 bridgehead atoms. The first-order valence-electron chi connectivity index (χ1n) is 6.90. The Kier molecular flexibility index (Phi) is 5.48. The van der Waals surface area contributed by atoms with Gasteiger partial charge in [0.25, 0.3) is 0 Å². The van der Waals surface area contributed by atoms with E-state index in [0.29, 0.717) is 22.9 Å². The van der Waals surface area contributed by atoms with Gasteiger partial charge in [0.15, 0.2) is 0 Å². The molecular formula is C17H19ClO3. The second-order valence-electron chi connectivity index (χ2n) is 4.72. The molecule has 0 heterocycles. The average molecular weight is 307 g/mol. The minimum Gasteiger partial charge on any atom is -0.495 e. The smallest absolute Gasteiger partial charge is 0.137 e. The Hall–Kier alpha value is -1.71. The maximum Gasteiger partial charge on any atom is 0.137 e. The van der Waals surface area contributed by atoms with E-state index in [2.05, 4.69) is 6.92 Å². The van der Waals surface area contributed by atoms with E-state index in [0.717, 1.165) is 17.7 Å². The fraction of sp³-hybridized carbons (Fsp3) is 0.294. The maximum atomic E-state index is 10.5. The molecule has 0 aliphatic rings. The van der Waals surface area contributed by atoms with Crippen LogP contribution >= 0.6 is 11.6 Å². The summed E-state index contributed by atoms with van der Waals surface area (Å²) in [5.74, 6) is 1.35. The number of aliphatic hydroxyl groups is 1. The lowest BCUT2D eigenvalue weighted by Gasteiger charge is -2.14. The van der Waals surface area contributed by atoms with E-state index in [1.807, 2.05) is 24.3 Å². The van der Waals surface area contributed by atoms with Gasteiger partial charge >= 0.3 is 0 Å². The summed E-state index contributed by atoms with van der Waals surface area (Å²) in [6.45, 7) is 2.71. The van der Waals surface area contributed by atoms with Crippen LogP contribution in [0.4, 0.5) is 0 Å². The topological polar surface area (TPSA) is 38.7 Å². The van der Waals surface area contributed by atoms with Crippen LogP contribution in [0.25, 0.3) is 0 Å². The summed E-state index contributed by atoms with van der Waals surface area (Å²) in [5, 5.41) is 11.0. The molecule has 1 atom stereocenters. The third-order valence-electron chi connectivity index (χ3n) is 3.14. The molecule has 0 aliphatic carbocycles. The lowest BCUT2D eigenvalue weighted by atomic mass is 10.0. The van der Waals surface area contributed by atoms with Crippen LogP contribution < -0.4 is 9.47 Å². The lowest BCUT2D eigenvalue weighted by molar-refractivity contribution is 0.219. The van der Waals surface area contributed by atoms with E-state index < -0.39 is 6.10 Å². The Labute approximate surface area is 130 Å². The van der Waals surface area contributed by atoms with Crippen molar-refractivity contribution in [2.45, 2.75) is 19.4 Å². The van der Waals surface area contributed by atoms with E-state index in [9.17, 15) is 5.11 Å².